The monoisotopic (exact) mass is 634 g/mol. The third-order valence-electron chi connectivity index (χ3n) is 9.41. The zero-order valence-corrected chi connectivity index (χ0v) is 27.0. The molecule has 0 unspecified atom stereocenters. The first-order valence-corrected chi connectivity index (χ1v) is 16.2. The summed E-state index contributed by atoms with van der Waals surface area (Å²) in [6, 6.07) is 49.8. The second-order valence-corrected chi connectivity index (χ2v) is 12.4. The molecule has 6 heteroatoms. The minimum Gasteiger partial charge on any atom is -0.456 e. The van der Waals surface area contributed by atoms with E-state index in [1.54, 1.807) is 16.2 Å². The summed E-state index contributed by atoms with van der Waals surface area (Å²) < 4.78 is 9.44. The third-order valence-corrected chi connectivity index (χ3v) is 9.41. The number of fused-ring (bicyclic) bond motifs is 4. The van der Waals surface area contributed by atoms with Gasteiger partial charge >= 0.3 is 5.69 Å². The first-order valence-electron chi connectivity index (χ1n) is 16.2. The van der Waals surface area contributed by atoms with Crippen molar-refractivity contribution in [2.24, 2.45) is 14.1 Å². The maximum Gasteiger partial charge on any atom is 0.328 e. The normalized spacial score (nSPS) is 11.6. The van der Waals surface area contributed by atoms with Gasteiger partial charge in [-0.2, -0.15) is 0 Å². The van der Waals surface area contributed by atoms with Crippen LogP contribution in [0, 0.1) is 0 Å². The highest BCUT2D eigenvalue weighted by molar-refractivity contribution is 6.06. The lowest BCUT2D eigenvalue weighted by Crippen LogP contribution is -2.19. The topological polar surface area (TPSA) is 65.8 Å². The number of furan rings is 1. The number of aromatic nitrogens is 4. The van der Waals surface area contributed by atoms with Gasteiger partial charge in [-0.1, -0.05) is 103 Å². The third kappa shape index (κ3) is 4.93. The molecule has 0 aliphatic heterocycles. The highest BCUT2D eigenvalue weighted by Crippen LogP contribution is 2.35. The molecule has 0 saturated carbocycles. The van der Waals surface area contributed by atoms with Gasteiger partial charge in [0.1, 0.15) is 11.2 Å². The van der Waals surface area contributed by atoms with E-state index in [2.05, 4.69) is 91.0 Å². The minimum atomic E-state index is -0.0329. The van der Waals surface area contributed by atoms with Crippen LogP contribution in [0.5, 0.6) is 0 Å². The first-order chi connectivity index (χ1) is 24.0. The molecule has 6 aromatic carbocycles. The Morgan fingerprint density at radius 2 is 1.04 bits per heavy atom. The average Bonchev–Trinajstić information content (AvgIpc) is 3.64. The Morgan fingerprint density at radius 1 is 0.449 bits per heavy atom. The summed E-state index contributed by atoms with van der Waals surface area (Å²) in [6.45, 7) is 0. The van der Waals surface area contributed by atoms with E-state index in [-0.39, 0.29) is 5.69 Å². The van der Waals surface area contributed by atoms with Crippen molar-refractivity contribution in [3.8, 4) is 56.2 Å². The summed E-state index contributed by atoms with van der Waals surface area (Å²) in [5, 5.41) is 2.21. The maximum atomic E-state index is 12.5. The summed E-state index contributed by atoms with van der Waals surface area (Å²) in [7, 11) is 3.61. The predicted octanol–water partition coefficient (Wildman–Crippen LogP) is 9.90. The molecule has 0 atom stereocenters. The molecule has 3 aromatic heterocycles. The van der Waals surface area contributed by atoms with Gasteiger partial charge in [0.25, 0.3) is 0 Å². The van der Waals surface area contributed by atoms with Crippen LogP contribution < -0.4 is 5.69 Å². The van der Waals surface area contributed by atoms with Crippen LogP contribution in [-0.2, 0) is 14.1 Å². The van der Waals surface area contributed by atoms with Crippen LogP contribution >= 0.6 is 0 Å². The number of benzene rings is 6. The van der Waals surface area contributed by atoms with Gasteiger partial charge in [-0.3, -0.25) is 9.13 Å². The van der Waals surface area contributed by atoms with Crippen molar-refractivity contribution in [2.45, 2.75) is 0 Å². The van der Waals surface area contributed by atoms with Crippen LogP contribution in [0.2, 0.25) is 0 Å². The van der Waals surface area contributed by atoms with Gasteiger partial charge in [-0.15, -0.1) is 0 Å². The van der Waals surface area contributed by atoms with Gasteiger partial charge in [-0.25, -0.2) is 14.8 Å². The molecule has 0 N–H and O–H groups in total. The Bertz CT molecular complexity index is 2750. The molecule has 0 radical (unpaired) electrons. The fourth-order valence-corrected chi connectivity index (χ4v) is 6.74. The molecule has 3 heterocycles. The molecule has 0 amide bonds. The zero-order valence-electron chi connectivity index (χ0n) is 27.0. The Hall–Kier alpha value is -6.53. The molecule has 0 spiro atoms. The van der Waals surface area contributed by atoms with Crippen molar-refractivity contribution in [3.05, 3.63) is 156 Å². The van der Waals surface area contributed by atoms with E-state index in [1.165, 1.54) is 0 Å². The SMILES string of the molecule is Cn1c(=O)n(C)c2cc(-c3ccc(-c4cc(-c5cccc(-c6ccc7oc8ccccc8c7c6)c5)nc(-c5ccccc5)n4)cc3)ccc21. The number of para-hydroxylation sites is 1. The van der Waals surface area contributed by atoms with Gasteiger partial charge in [-0.05, 0) is 64.7 Å². The largest absolute Gasteiger partial charge is 0.456 e. The molecule has 0 fully saturated rings. The molecular weight excluding hydrogens is 604 g/mol. The Morgan fingerprint density at radius 3 is 1.88 bits per heavy atom. The van der Waals surface area contributed by atoms with E-state index in [0.29, 0.717) is 5.82 Å². The summed E-state index contributed by atoms with van der Waals surface area (Å²) >= 11 is 0. The lowest BCUT2D eigenvalue weighted by atomic mass is 9.98. The van der Waals surface area contributed by atoms with Crippen LogP contribution in [-0.4, -0.2) is 19.1 Å². The van der Waals surface area contributed by atoms with Crippen molar-refractivity contribution >= 4 is 33.0 Å². The second-order valence-electron chi connectivity index (χ2n) is 12.4. The van der Waals surface area contributed by atoms with Crippen molar-refractivity contribution < 1.29 is 4.42 Å². The van der Waals surface area contributed by atoms with Gasteiger partial charge in [0, 0.05) is 41.6 Å². The van der Waals surface area contributed by atoms with Gasteiger partial charge in [0.15, 0.2) is 5.82 Å². The van der Waals surface area contributed by atoms with Gasteiger partial charge in [0.05, 0.1) is 22.4 Å². The van der Waals surface area contributed by atoms with E-state index >= 15 is 0 Å². The van der Waals surface area contributed by atoms with Crippen molar-refractivity contribution in [2.75, 3.05) is 0 Å². The number of aryl methyl sites for hydroxylation is 2. The van der Waals surface area contributed by atoms with Crippen LogP contribution in [0.3, 0.4) is 0 Å². The van der Waals surface area contributed by atoms with Gasteiger partial charge in [0.2, 0.25) is 0 Å². The number of nitrogens with zero attached hydrogens (tertiary/aromatic N) is 4. The number of hydrogen-bond donors (Lipinski definition) is 0. The summed E-state index contributed by atoms with van der Waals surface area (Å²) in [4.78, 5) is 22.6. The smallest absolute Gasteiger partial charge is 0.328 e. The van der Waals surface area contributed by atoms with E-state index in [9.17, 15) is 4.79 Å². The molecule has 9 rings (SSSR count). The fraction of sp³-hybridized carbons (Fsp3) is 0.0465. The van der Waals surface area contributed by atoms with Crippen LogP contribution in [0.15, 0.2) is 155 Å². The molecular formula is C43H30N4O2. The molecule has 9 aromatic rings. The molecule has 6 nitrogen and oxygen atoms in total. The highest BCUT2D eigenvalue weighted by Gasteiger charge is 2.14. The second kappa shape index (κ2) is 11.3. The maximum absolute atomic E-state index is 12.5. The highest BCUT2D eigenvalue weighted by atomic mass is 16.3. The van der Waals surface area contributed by atoms with Crippen molar-refractivity contribution in [3.63, 3.8) is 0 Å². The first kappa shape index (κ1) is 28.7. The molecule has 0 bridgehead atoms. The Labute approximate surface area is 282 Å². The Kier molecular flexibility index (Phi) is 6.62. The van der Waals surface area contributed by atoms with E-state index in [4.69, 9.17) is 14.4 Å². The van der Waals surface area contributed by atoms with Gasteiger partial charge < -0.3 is 4.42 Å². The van der Waals surface area contributed by atoms with Crippen LogP contribution in [0.1, 0.15) is 0 Å². The standard InChI is InChI=1S/C43H30N4O2/c1-46-38-21-19-32(25-39(38)47(2)43(46)48)27-15-17-28(18-16-27)36-26-37(45-42(44-36)29-9-4-3-5-10-29)33-12-8-11-30(23-33)31-20-22-41-35(24-31)34-13-6-7-14-40(34)49-41/h3-26H,1-2H3. The molecule has 49 heavy (non-hydrogen) atoms. The number of hydrogen-bond acceptors (Lipinski definition) is 4. The Balaban J connectivity index is 1.12. The lowest BCUT2D eigenvalue weighted by Gasteiger charge is -2.11. The molecule has 0 saturated heterocycles. The van der Waals surface area contributed by atoms with E-state index < -0.39 is 0 Å². The van der Waals surface area contributed by atoms with Crippen LogP contribution in [0.25, 0.3) is 89.1 Å². The van der Waals surface area contributed by atoms with Crippen molar-refractivity contribution in [1.82, 2.24) is 19.1 Å². The lowest BCUT2D eigenvalue weighted by molar-refractivity contribution is 0.669. The van der Waals surface area contributed by atoms with E-state index in [1.807, 2.05) is 61.6 Å². The molecule has 0 aliphatic carbocycles. The zero-order chi connectivity index (χ0) is 33.1. The minimum absolute atomic E-state index is 0.0329. The number of imidazole rings is 1. The summed E-state index contributed by atoms with van der Waals surface area (Å²) in [5.74, 6) is 0.671. The predicted molar refractivity (Wildman–Crippen MR) is 198 cm³/mol. The number of rotatable bonds is 5. The quantitative estimate of drug-likeness (QED) is 0.189. The summed E-state index contributed by atoms with van der Waals surface area (Å²) in [6.07, 6.45) is 0. The van der Waals surface area contributed by atoms with Crippen molar-refractivity contribution in [1.29, 1.82) is 0 Å². The van der Waals surface area contributed by atoms with E-state index in [0.717, 1.165) is 83.3 Å². The molecule has 0 aliphatic rings. The fourth-order valence-electron chi connectivity index (χ4n) is 6.74. The summed E-state index contributed by atoms with van der Waals surface area (Å²) in [5.41, 5.74) is 12.5. The van der Waals surface area contributed by atoms with Crippen LogP contribution in [0.4, 0.5) is 0 Å². The molecule has 234 valence electrons. The average molecular weight is 635 g/mol.